The highest BCUT2D eigenvalue weighted by atomic mass is 16.2. The van der Waals surface area contributed by atoms with Crippen LogP contribution in [0.2, 0.25) is 0 Å². The number of nitrogens with one attached hydrogen (secondary N) is 2. The summed E-state index contributed by atoms with van der Waals surface area (Å²) in [6.45, 7) is 4.28. The Morgan fingerprint density at radius 2 is 1.65 bits per heavy atom. The molecule has 4 heteroatoms. The van der Waals surface area contributed by atoms with Gasteiger partial charge in [-0.25, -0.2) is 0 Å². The van der Waals surface area contributed by atoms with Gasteiger partial charge in [0, 0.05) is 11.7 Å². The maximum atomic E-state index is 12.6. The molecule has 2 amide bonds. The molecule has 0 aromatic heterocycles. The molecule has 2 aliphatic rings. The molecular weight excluding hydrogens is 288 g/mol. The molecule has 2 saturated carbocycles. The molecule has 0 atom stereocenters. The topological polar surface area (TPSA) is 58.2 Å². The summed E-state index contributed by atoms with van der Waals surface area (Å²) >= 11 is 0. The summed E-state index contributed by atoms with van der Waals surface area (Å²) in [6, 6.07) is 8.14. The van der Waals surface area contributed by atoms with Gasteiger partial charge in [0.05, 0.1) is 0 Å². The summed E-state index contributed by atoms with van der Waals surface area (Å²) < 4.78 is 0. The highest BCUT2D eigenvalue weighted by molar-refractivity contribution is 6.13. The van der Waals surface area contributed by atoms with Gasteiger partial charge >= 0.3 is 0 Å². The van der Waals surface area contributed by atoms with Crippen LogP contribution in [0, 0.1) is 5.41 Å². The average Bonchev–Trinajstić information content (AvgIpc) is 3.20. The molecule has 2 N–H and O–H groups in total. The smallest absolute Gasteiger partial charge is 0.240 e. The highest BCUT2D eigenvalue weighted by Crippen LogP contribution is 2.47. The number of carbonyl (C=O) groups excluding carboxylic acids is 2. The number of benzene rings is 1. The van der Waals surface area contributed by atoms with Crippen LogP contribution in [-0.2, 0) is 9.59 Å². The average molecular weight is 314 g/mol. The molecule has 0 saturated heterocycles. The van der Waals surface area contributed by atoms with Crippen molar-refractivity contribution in [2.45, 2.75) is 64.3 Å². The van der Waals surface area contributed by atoms with Crippen LogP contribution in [0.4, 0.5) is 5.69 Å². The Balaban J connectivity index is 1.61. The Kier molecular flexibility index (Phi) is 4.42. The lowest BCUT2D eigenvalue weighted by atomic mass is 10.0. The second-order valence-corrected chi connectivity index (χ2v) is 7.27. The normalized spacial score (nSPS) is 19.6. The molecule has 2 aliphatic carbocycles. The Morgan fingerprint density at radius 1 is 1.04 bits per heavy atom. The third-order valence-corrected chi connectivity index (χ3v) is 5.14. The molecule has 23 heavy (non-hydrogen) atoms. The first-order chi connectivity index (χ1) is 11.0. The van der Waals surface area contributed by atoms with Crippen LogP contribution < -0.4 is 10.6 Å². The fourth-order valence-corrected chi connectivity index (χ4v) is 3.28. The minimum atomic E-state index is -0.834. The van der Waals surface area contributed by atoms with Gasteiger partial charge < -0.3 is 10.6 Å². The second-order valence-electron chi connectivity index (χ2n) is 7.27. The largest absolute Gasteiger partial charge is 0.352 e. The SMILES string of the molecule is CC(C)c1ccc(NC(=O)C2(C(=O)NC3CCCC3)CC2)cc1. The van der Waals surface area contributed by atoms with Gasteiger partial charge in [-0.3, -0.25) is 9.59 Å². The molecule has 0 spiro atoms. The molecule has 4 nitrogen and oxygen atoms in total. The van der Waals surface area contributed by atoms with Gasteiger partial charge in [-0.05, 0) is 49.3 Å². The van der Waals surface area contributed by atoms with E-state index in [0.29, 0.717) is 18.8 Å². The van der Waals surface area contributed by atoms with Crippen LogP contribution in [0.25, 0.3) is 0 Å². The number of rotatable bonds is 5. The molecule has 1 aromatic carbocycles. The number of amides is 2. The van der Waals surface area contributed by atoms with Crippen molar-refractivity contribution in [2.75, 3.05) is 5.32 Å². The molecule has 0 aliphatic heterocycles. The fraction of sp³-hybridized carbons (Fsp3) is 0.579. The van der Waals surface area contributed by atoms with E-state index in [4.69, 9.17) is 0 Å². The van der Waals surface area contributed by atoms with Crippen molar-refractivity contribution in [2.24, 2.45) is 5.41 Å². The van der Waals surface area contributed by atoms with Gasteiger partial charge in [-0.2, -0.15) is 0 Å². The Morgan fingerprint density at radius 3 is 2.17 bits per heavy atom. The van der Waals surface area contributed by atoms with E-state index >= 15 is 0 Å². The quantitative estimate of drug-likeness (QED) is 0.816. The van der Waals surface area contributed by atoms with Crippen molar-refractivity contribution < 1.29 is 9.59 Å². The Bertz CT molecular complexity index is 582. The summed E-state index contributed by atoms with van der Waals surface area (Å²) in [4.78, 5) is 25.0. The van der Waals surface area contributed by atoms with E-state index in [-0.39, 0.29) is 17.9 Å². The van der Waals surface area contributed by atoms with Gasteiger partial charge in [0.15, 0.2) is 0 Å². The predicted octanol–water partition coefficient (Wildman–Crippen LogP) is 3.59. The van der Waals surface area contributed by atoms with E-state index < -0.39 is 5.41 Å². The number of hydrogen-bond donors (Lipinski definition) is 2. The van der Waals surface area contributed by atoms with Gasteiger partial charge in [0.1, 0.15) is 5.41 Å². The van der Waals surface area contributed by atoms with Gasteiger partial charge in [-0.15, -0.1) is 0 Å². The molecular formula is C19H26N2O2. The predicted molar refractivity (Wildman–Crippen MR) is 91.2 cm³/mol. The maximum Gasteiger partial charge on any atom is 0.240 e. The third kappa shape index (κ3) is 3.41. The van der Waals surface area contributed by atoms with Crippen molar-refractivity contribution in [3.05, 3.63) is 29.8 Å². The standard InChI is InChI=1S/C19H26N2O2/c1-13(2)14-7-9-16(10-8-14)21-18(23)19(11-12-19)17(22)20-15-5-3-4-6-15/h7-10,13,15H,3-6,11-12H2,1-2H3,(H,20,22)(H,21,23). The van der Waals surface area contributed by atoms with E-state index in [9.17, 15) is 9.59 Å². The molecule has 124 valence electrons. The molecule has 0 heterocycles. The van der Waals surface area contributed by atoms with Crippen LogP contribution in [0.1, 0.15) is 63.9 Å². The van der Waals surface area contributed by atoms with Crippen molar-refractivity contribution in [3.63, 3.8) is 0 Å². The van der Waals surface area contributed by atoms with Crippen molar-refractivity contribution in [3.8, 4) is 0 Å². The molecule has 0 unspecified atom stereocenters. The van der Waals surface area contributed by atoms with Crippen molar-refractivity contribution in [1.82, 2.24) is 5.32 Å². The highest BCUT2D eigenvalue weighted by Gasteiger charge is 2.56. The summed E-state index contributed by atoms with van der Waals surface area (Å²) in [7, 11) is 0. The summed E-state index contributed by atoms with van der Waals surface area (Å²) in [5.74, 6) is 0.220. The van der Waals surface area contributed by atoms with Crippen LogP contribution in [-0.4, -0.2) is 17.9 Å². The van der Waals surface area contributed by atoms with E-state index in [1.165, 1.54) is 18.4 Å². The number of hydrogen-bond acceptors (Lipinski definition) is 2. The maximum absolute atomic E-state index is 12.6. The second kappa shape index (κ2) is 6.34. The van der Waals surface area contributed by atoms with E-state index in [1.807, 2.05) is 24.3 Å². The van der Waals surface area contributed by atoms with Crippen LogP contribution in [0.3, 0.4) is 0 Å². The lowest BCUT2D eigenvalue weighted by Crippen LogP contribution is -2.43. The number of carbonyl (C=O) groups is 2. The molecule has 0 bridgehead atoms. The van der Waals surface area contributed by atoms with E-state index in [1.54, 1.807) is 0 Å². The summed E-state index contributed by atoms with van der Waals surface area (Å²) in [6.07, 6.45) is 5.74. The molecule has 3 rings (SSSR count). The zero-order valence-corrected chi connectivity index (χ0v) is 14.0. The minimum Gasteiger partial charge on any atom is -0.352 e. The zero-order valence-electron chi connectivity index (χ0n) is 14.0. The summed E-state index contributed by atoms with van der Waals surface area (Å²) in [5, 5.41) is 5.99. The van der Waals surface area contributed by atoms with Crippen LogP contribution in [0.5, 0.6) is 0 Å². The Hall–Kier alpha value is -1.84. The fourth-order valence-electron chi connectivity index (χ4n) is 3.28. The first-order valence-electron chi connectivity index (χ1n) is 8.74. The lowest BCUT2D eigenvalue weighted by Gasteiger charge is -2.19. The van der Waals surface area contributed by atoms with Gasteiger partial charge in [0.2, 0.25) is 11.8 Å². The zero-order chi connectivity index (χ0) is 16.4. The van der Waals surface area contributed by atoms with Crippen molar-refractivity contribution in [1.29, 1.82) is 0 Å². The molecule has 1 aromatic rings. The van der Waals surface area contributed by atoms with Crippen molar-refractivity contribution >= 4 is 17.5 Å². The van der Waals surface area contributed by atoms with Gasteiger partial charge in [-0.1, -0.05) is 38.8 Å². The lowest BCUT2D eigenvalue weighted by molar-refractivity contribution is -0.134. The first-order valence-corrected chi connectivity index (χ1v) is 8.74. The Labute approximate surface area is 138 Å². The number of anilines is 1. The monoisotopic (exact) mass is 314 g/mol. The van der Waals surface area contributed by atoms with Crippen LogP contribution >= 0.6 is 0 Å². The first kappa shape index (κ1) is 16.0. The van der Waals surface area contributed by atoms with Gasteiger partial charge in [0.25, 0.3) is 0 Å². The summed E-state index contributed by atoms with van der Waals surface area (Å²) in [5.41, 5.74) is 1.17. The van der Waals surface area contributed by atoms with Crippen LogP contribution in [0.15, 0.2) is 24.3 Å². The molecule has 2 fully saturated rings. The van der Waals surface area contributed by atoms with E-state index in [0.717, 1.165) is 18.5 Å². The third-order valence-electron chi connectivity index (χ3n) is 5.14. The minimum absolute atomic E-state index is 0.0827. The molecule has 0 radical (unpaired) electrons. The van der Waals surface area contributed by atoms with E-state index in [2.05, 4.69) is 24.5 Å².